The number of hydrogen-bond donors (Lipinski definition) is 0. The van der Waals surface area contributed by atoms with Crippen LogP contribution in [0.5, 0.6) is 0 Å². The molecule has 1 heterocycles. The van der Waals surface area contributed by atoms with Gasteiger partial charge in [0.15, 0.2) is 5.76 Å². The lowest BCUT2D eigenvalue weighted by molar-refractivity contribution is 0.510. The Hall–Kier alpha value is -1.96. The van der Waals surface area contributed by atoms with Gasteiger partial charge in [-0.2, -0.15) is 9.98 Å². The van der Waals surface area contributed by atoms with Gasteiger partial charge in [0.05, 0.1) is 6.26 Å². The Balaban J connectivity index is 2.90. The molecule has 0 saturated carbocycles. The first kappa shape index (κ1) is 8.14. The molecule has 0 N–H and O–H groups in total. The molecule has 0 radical (unpaired) electrons. The van der Waals surface area contributed by atoms with Crippen LogP contribution in [0.4, 0.5) is 5.69 Å². The van der Waals surface area contributed by atoms with Gasteiger partial charge >= 0.3 is 0 Å². The predicted octanol–water partition coefficient (Wildman–Crippen LogP) is 1.08. The zero-order valence-corrected chi connectivity index (χ0v) is 5.98. The number of rotatable bonds is 3. The Bertz CT molecular complexity index is 356. The van der Waals surface area contributed by atoms with Gasteiger partial charge in [0.1, 0.15) is 12.2 Å². The number of isocyanates is 2. The molecule has 60 valence electrons. The van der Waals surface area contributed by atoms with Crippen molar-refractivity contribution >= 4 is 17.8 Å². The molecule has 0 aliphatic heterocycles. The van der Waals surface area contributed by atoms with Crippen molar-refractivity contribution < 1.29 is 14.0 Å². The van der Waals surface area contributed by atoms with E-state index in [-0.39, 0.29) is 6.54 Å². The molecule has 0 aliphatic carbocycles. The molecule has 5 heteroatoms. The summed E-state index contributed by atoms with van der Waals surface area (Å²) in [4.78, 5) is 26.2. The second kappa shape index (κ2) is 4.03. The third-order valence-corrected chi connectivity index (χ3v) is 1.18. The van der Waals surface area contributed by atoms with Crippen molar-refractivity contribution in [3.05, 3.63) is 18.1 Å². The summed E-state index contributed by atoms with van der Waals surface area (Å²) < 4.78 is 4.87. The summed E-state index contributed by atoms with van der Waals surface area (Å²) in [6, 6.07) is 1.49. The van der Waals surface area contributed by atoms with Gasteiger partial charge in [0, 0.05) is 6.07 Å². The molecule has 0 atom stereocenters. The smallest absolute Gasteiger partial charge is 0.240 e. The topological polar surface area (TPSA) is 72.0 Å². The molecule has 0 unspecified atom stereocenters. The molecule has 12 heavy (non-hydrogen) atoms. The predicted molar refractivity (Wildman–Crippen MR) is 38.3 cm³/mol. The maximum absolute atomic E-state index is 9.86. The highest BCUT2D eigenvalue weighted by Crippen LogP contribution is 2.19. The van der Waals surface area contributed by atoms with Gasteiger partial charge in [-0.15, -0.1) is 0 Å². The van der Waals surface area contributed by atoms with Crippen LogP contribution in [0.25, 0.3) is 0 Å². The molecular weight excluding hydrogens is 160 g/mol. The SMILES string of the molecule is O=C=NCc1occc1N=C=O. The minimum atomic E-state index is 0.0387. The van der Waals surface area contributed by atoms with Crippen molar-refractivity contribution in [2.45, 2.75) is 6.54 Å². The molecule has 0 amide bonds. The van der Waals surface area contributed by atoms with E-state index in [9.17, 15) is 9.59 Å². The Morgan fingerprint density at radius 1 is 1.42 bits per heavy atom. The van der Waals surface area contributed by atoms with Crippen LogP contribution in [-0.4, -0.2) is 12.2 Å². The van der Waals surface area contributed by atoms with Crippen molar-refractivity contribution in [2.75, 3.05) is 0 Å². The Morgan fingerprint density at radius 2 is 2.25 bits per heavy atom. The third-order valence-electron chi connectivity index (χ3n) is 1.18. The minimum absolute atomic E-state index is 0.0387. The van der Waals surface area contributed by atoms with E-state index < -0.39 is 0 Å². The van der Waals surface area contributed by atoms with Gasteiger partial charge in [-0.3, -0.25) is 0 Å². The van der Waals surface area contributed by atoms with E-state index in [1.54, 1.807) is 0 Å². The summed E-state index contributed by atoms with van der Waals surface area (Å²) in [7, 11) is 0. The van der Waals surface area contributed by atoms with Crippen LogP contribution in [0.15, 0.2) is 26.7 Å². The summed E-state index contributed by atoms with van der Waals surface area (Å²) in [5.74, 6) is 0.349. The maximum atomic E-state index is 9.86. The van der Waals surface area contributed by atoms with Crippen molar-refractivity contribution in [2.24, 2.45) is 9.98 Å². The number of aliphatic imine (C=N–C) groups is 2. The molecule has 0 fully saturated rings. The van der Waals surface area contributed by atoms with E-state index in [4.69, 9.17) is 4.42 Å². The first-order chi connectivity index (χ1) is 5.88. The van der Waals surface area contributed by atoms with E-state index >= 15 is 0 Å². The lowest BCUT2D eigenvalue weighted by atomic mass is 10.4. The summed E-state index contributed by atoms with van der Waals surface area (Å²) in [5.41, 5.74) is 0.337. The van der Waals surface area contributed by atoms with Crippen molar-refractivity contribution in [3.8, 4) is 0 Å². The van der Waals surface area contributed by atoms with Crippen molar-refractivity contribution in [1.29, 1.82) is 0 Å². The van der Waals surface area contributed by atoms with Crippen LogP contribution in [-0.2, 0) is 16.1 Å². The molecule has 1 rings (SSSR count). The molecule has 5 nitrogen and oxygen atoms in total. The molecule has 1 aromatic rings. The van der Waals surface area contributed by atoms with Gasteiger partial charge in [-0.1, -0.05) is 0 Å². The molecule has 0 spiro atoms. The molecule has 0 saturated heterocycles. The average molecular weight is 164 g/mol. The Morgan fingerprint density at radius 3 is 2.92 bits per heavy atom. The molecule has 0 bridgehead atoms. The van der Waals surface area contributed by atoms with Gasteiger partial charge < -0.3 is 4.42 Å². The number of carbonyl (C=O) groups excluding carboxylic acids is 2. The van der Waals surface area contributed by atoms with Crippen molar-refractivity contribution in [3.63, 3.8) is 0 Å². The molecule has 0 aromatic carbocycles. The van der Waals surface area contributed by atoms with Gasteiger partial charge in [0.2, 0.25) is 12.2 Å². The summed E-state index contributed by atoms with van der Waals surface area (Å²) in [6.45, 7) is 0.0387. The highest BCUT2D eigenvalue weighted by atomic mass is 16.3. The fourth-order valence-corrected chi connectivity index (χ4v) is 0.705. The quantitative estimate of drug-likeness (QED) is 0.495. The van der Waals surface area contributed by atoms with E-state index in [2.05, 4.69) is 9.98 Å². The molecule has 0 aliphatic rings. The first-order valence-electron chi connectivity index (χ1n) is 3.06. The van der Waals surface area contributed by atoms with Crippen LogP contribution in [0.1, 0.15) is 5.76 Å². The highest BCUT2D eigenvalue weighted by molar-refractivity contribution is 5.50. The van der Waals surface area contributed by atoms with Crippen LogP contribution in [0.3, 0.4) is 0 Å². The highest BCUT2D eigenvalue weighted by Gasteiger charge is 2.03. The fourth-order valence-electron chi connectivity index (χ4n) is 0.705. The van der Waals surface area contributed by atoms with E-state index in [1.165, 1.54) is 24.5 Å². The standard InChI is InChI=1S/C7H4N2O3/c10-4-8-3-7-6(9-5-11)1-2-12-7/h1-2H,3H2. The summed E-state index contributed by atoms with van der Waals surface area (Å²) in [6.07, 6.45) is 4.06. The summed E-state index contributed by atoms with van der Waals surface area (Å²) >= 11 is 0. The third kappa shape index (κ3) is 1.76. The Kier molecular flexibility index (Phi) is 2.73. The zero-order valence-electron chi connectivity index (χ0n) is 5.98. The van der Waals surface area contributed by atoms with Crippen molar-refractivity contribution in [1.82, 2.24) is 0 Å². The monoisotopic (exact) mass is 164 g/mol. The van der Waals surface area contributed by atoms with E-state index in [1.807, 2.05) is 0 Å². The largest absolute Gasteiger partial charge is 0.465 e. The summed E-state index contributed by atoms with van der Waals surface area (Å²) in [5, 5.41) is 0. The zero-order chi connectivity index (χ0) is 8.81. The lowest BCUT2D eigenvalue weighted by Gasteiger charge is -1.86. The van der Waals surface area contributed by atoms with Gasteiger partial charge in [0.25, 0.3) is 0 Å². The average Bonchev–Trinajstić information content (AvgIpc) is 2.50. The fraction of sp³-hybridized carbons (Fsp3) is 0.143. The second-order valence-electron chi connectivity index (χ2n) is 1.84. The number of hydrogen-bond acceptors (Lipinski definition) is 5. The van der Waals surface area contributed by atoms with Crippen LogP contribution >= 0.6 is 0 Å². The van der Waals surface area contributed by atoms with Crippen LogP contribution < -0.4 is 0 Å². The molecule has 1 aromatic heterocycles. The van der Waals surface area contributed by atoms with Gasteiger partial charge in [-0.05, 0) is 0 Å². The van der Waals surface area contributed by atoms with Crippen LogP contribution in [0, 0.1) is 0 Å². The minimum Gasteiger partial charge on any atom is -0.465 e. The lowest BCUT2D eigenvalue weighted by Crippen LogP contribution is -1.75. The Labute approximate surface area is 67.4 Å². The second-order valence-corrected chi connectivity index (χ2v) is 1.84. The normalized spacial score (nSPS) is 8.33. The maximum Gasteiger partial charge on any atom is 0.240 e. The van der Waals surface area contributed by atoms with Gasteiger partial charge in [-0.25, -0.2) is 9.59 Å². The number of furan rings is 1. The van der Waals surface area contributed by atoms with Crippen LogP contribution in [0.2, 0.25) is 0 Å². The number of nitrogens with zero attached hydrogens (tertiary/aromatic N) is 2. The first-order valence-corrected chi connectivity index (χ1v) is 3.06. The molecular formula is C7H4N2O3. The van der Waals surface area contributed by atoms with E-state index in [0.29, 0.717) is 11.4 Å². The van der Waals surface area contributed by atoms with E-state index in [0.717, 1.165) is 0 Å².